The van der Waals surface area contributed by atoms with Crippen molar-refractivity contribution in [1.29, 1.82) is 10.5 Å². The van der Waals surface area contributed by atoms with Crippen molar-refractivity contribution < 1.29 is 0 Å². The van der Waals surface area contributed by atoms with E-state index < -0.39 is 0 Å². The molecule has 0 fully saturated rings. The van der Waals surface area contributed by atoms with Crippen LogP contribution in [0.25, 0.3) is 54.6 Å². The van der Waals surface area contributed by atoms with Crippen LogP contribution in [0.2, 0.25) is 0 Å². The fourth-order valence-corrected chi connectivity index (χ4v) is 8.65. The Balaban J connectivity index is 1.38. The zero-order valence-electron chi connectivity index (χ0n) is 33.3. The molecule has 0 spiro atoms. The number of rotatable bonds is 8. The maximum absolute atomic E-state index is 9.77. The van der Waals surface area contributed by atoms with Gasteiger partial charge in [0.1, 0.15) is 0 Å². The van der Waals surface area contributed by atoms with Crippen molar-refractivity contribution in [1.82, 2.24) is 0 Å². The number of anilines is 6. The molecule has 0 aromatic heterocycles. The summed E-state index contributed by atoms with van der Waals surface area (Å²) < 4.78 is 0. The van der Waals surface area contributed by atoms with Crippen LogP contribution in [0.5, 0.6) is 0 Å². The first-order valence-corrected chi connectivity index (χ1v) is 20.1. The molecule has 282 valence electrons. The molecule has 10 aromatic rings. The Hall–Kier alpha value is -8.18. The van der Waals surface area contributed by atoms with Crippen LogP contribution in [0, 0.1) is 36.5 Å². The van der Waals surface area contributed by atoms with Gasteiger partial charge in [0.2, 0.25) is 0 Å². The second-order valence-electron chi connectivity index (χ2n) is 15.3. The number of hydrogen-bond acceptors (Lipinski definition) is 4. The van der Waals surface area contributed by atoms with Crippen molar-refractivity contribution in [2.45, 2.75) is 13.8 Å². The van der Waals surface area contributed by atoms with Crippen molar-refractivity contribution in [3.8, 4) is 34.4 Å². The van der Waals surface area contributed by atoms with Crippen LogP contribution in [0.4, 0.5) is 34.1 Å². The van der Waals surface area contributed by atoms with Gasteiger partial charge in [0.25, 0.3) is 0 Å². The lowest BCUT2D eigenvalue weighted by Crippen LogP contribution is -2.12. The van der Waals surface area contributed by atoms with Crippen molar-refractivity contribution in [3.05, 3.63) is 216 Å². The number of hydrogen-bond donors (Lipinski definition) is 0. The third-order valence-electron chi connectivity index (χ3n) is 11.6. The van der Waals surface area contributed by atoms with E-state index in [1.807, 2.05) is 24.3 Å². The first-order chi connectivity index (χ1) is 29.5. The summed E-state index contributed by atoms with van der Waals surface area (Å²) in [6.45, 7) is 4.24. The fraction of sp³-hybridized carbons (Fsp3) is 0.0357. The highest BCUT2D eigenvalue weighted by Crippen LogP contribution is 2.52. The van der Waals surface area contributed by atoms with E-state index >= 15 is 0 Å². The number of aryl methyl sites for hydroxylation is 2. The van der Waals surface area contributed by atoms with Crippen LogP contribution in [0.15, 0.2) is 194 Å². The molecule has 0 unspecified atom stereocenters. The number of nitriles is 2. The molecular formula is C56H38N4. The molecule has 10 aromatic carbocycles. The molecule has 0 aliphatic rings. The van der Waals surface area contributed by atoms with Crippen LogP contribution in [-0.2, 0) is 0 Å². The van der Waals surface area contributed by atoms with Crippen molar-refractivity contribution in [2.75, 3.05) is 9.80 Å². The lowest BCUT2D eigenvalue weighted by atomic mass is 9.85. The molecule has 0 atom stereocenters. The first-order valence-electron chi connectivity index (χ1n) is 20.1. The molecule has 0 radical (unpaired) electrons. The molecule has 0 amide bonds. The van der Waals surface area contributed by atoms with E-state index in [1.165, 1.54) is 11.1 Å². The van der Waals surface area contributed by atoms with Crippen LogP contribution < -0.4 is 9.80 Å². The molecule has 0 aliphatic heterocycles. The minimum Gasteiger partial charge on any atom is -0.310 e. The van der Waals surface area contributed by atoms with E-state index in [-0.39, 0.29) is 0 Å². The number of nitrogens with zero attached hydrogens (tertiary/aromatic N) is 4. The number of para-hydroxylation sites is 2. The lowest BCUT2D eigenvalue weighted by Gasteiger charge is -2.31. The molecule has 0 saturated heterocycles. The number of benzene rings is 10. The standard InChI is InChI=1S/C56H38N4/c1-37-13-25-45(26-14-37)59(43-9-5-3-6-10-43)53-33-51(41-21-17-39(35-57)18-22-41)47-30-32-50-54(60(44-11-7-4-8-12-44)46-27-15-38(2)16-28-46)34-52(42-23-19-40(36-58)20-24-42)48-29-31-49(53)55(47)56(48)50/h3-34H,1-2H3. The zero-order valence-corrected chi connectivity index (χ0v) is 33.3. The molecule has 0 N–H and O–H groups in total. The average molecular weight is 767 g/mol. The van der Waals surface area contributed by atoms with E-state index in [2.05, 4.69) is 206 Å². The van der Waals surface area contributed by atoms with Gasteiger partial charge in [-0.3, -0.25) is 0 Å². The molecule has 4 heteroatoms. The monoisotopic (exact) mass is 766 g/mol. The van der Waals surface area contributed by atoms with Crippen molar-refractivity contribution in [2.24, 2.45) is 0 Å². The minimum atomic E-state index is 0.621. The zero-order chi connectivity index (χ0) is 40.7. The highest BCUT2D eigenvalue weighted by Gasteiger charge is 2.25. The summed E-state index contributed by atoms with van der Waals surface area (Å²) in [4.78, 5) is 4.73. The van der Waals surface area contributed by atoms with E-state index in [9.17, 15) is 10.5 Å². The molecular weight excluding hydrogens is 729 g/mol. The summed E-state index contributed by atoms with van der Waals surface area (Å²) in [6, 6.07) is 72.9. The Bertz CT molecular complexity index is 3030. The van der Waals surface area contributed by atoms with Gasteiger partial charge in [-0.05, 0) is 132 Å². The minimum absolute atomic E-state index is 0.621. The Labute approximate surface area is 350 Å². The Morgan fingerprint density at radius 3 is 1.03 bits per heavy atom. The van der Waals surface area contributed by atoms with Gasteiger partial charge in [-0.15, -0.1) is 0 Å². The summed E-state index contributed by atoms with van der Waals surface area (Å²) in [5.41, 5.74) is 14.2. The molecule has 10 rings (SSSR count). The van der Waals surface area contributed by atoms with E-state index in [0.29, 0.717) is 11.1 Å². The topological polar surface area (TPSA) is 54.1 Å². The molecule has 0 aliphatic carbocycles. The van der Waals surface area contributed by atoms with Gasteiger partial charge < -0.3 is 9.80 Å². The van der Waals surface area contributed by atoms with E-state index in [1.54, 1.807) is 0 Å². The predicted molar refractivity (Wildman–Crippen MR) is 249 cm³/mol. The Morgan fingerprint density at radius 1 is 0.350 bits per heavy atom. The SMILES string of the molecule is Cc1ccc(N(c2ccccc2)c2cc(-c3ccc(C#N)cc3)c3ccc4c(N(c5ccccc5)c5ccc(C)cc5)cc(-c5ccc(C#N)cc5)c5ccc2c3c54)cc1. The Morgan fingerprint density at radius 2 is 0.683 bits per heavy atom. The van der Waals surface area contributed by atoms with Gasteiger partial charge in [-0.2, -0.15) is 10.5 Å². The van der Waals surface area contributed by atoms with Gasteiger partial charge in [0, 0.05) is 44.3 Å². The van der Waals surface area contributed by atoms with Crippen LogP contribution in [0.1, 0.15) is 22.3 Å². The van der Waals surface area contributed by atoms with Crippen LogP contribution in [0.3, 0.4) is 0 Å². The molecule has 4 nitrogen and oxygen atoms in total. The van der Waals surface area contributed by atoms with E-state index in [4.69, 9.17) is 0 Å². The fourth-order valence-electron chi connectivity index (χ4n) is 8.65. The summed E-state index contributed by atoms with van der Waals surface area (Å²) in [5.74, 6) is 0. The molecule has 0 heterocycles. The maximum Gasteiger partial charge on any atom is 0.0991 e. The third kappa shape index (κ3) is 6.25. The summed E-state index contributed by atoms with van der Waals surface area (Å²) >= 11 is 0. The second kappa shape index (κ2) is 15.0. The normalized spacial score (nSPS) is 11.1. The lowest BCUT2D eigenvalue weighted by molar-refractivity contribution is 1.29. The van der Waals surface area contributed by atoms with Gasteiger partial charge in [-0.1, -0.05) is 120 Å². The predicted octanol–water partition coefficient (Wildman–Crippen LogP) is 15.2. The third-order valence-corrected chi connectivity index (χ3v) is 11.6. The van der Waals surface area contributed by atoms with Crippen molar-refractivity contribution in [3.63, 3.8) is 0 Å². The van der Waals surface area contributed by atoms with Gasteiger partial charge in [0.15, 0.2) is 0 Å². The Kier molecular flexibility index (Phi) is 9.02. The van der Waals surface area contributed by atoms with Crippen molar-refractivity contribution >= 4 is 66.4 Å². The van der Waals surface area contributed by atoms with Gasteiger partial charge in [0.05, 0.1) is 34.6 Å². The summed E-state index contributed by atoms with van der Waals surface area (Å²) in [7, 11) is 0. The average Bonchev–Trinajstić information content (AvgIpc) is 3.31. The van der Waals surface area contributed by atoms with E-state index in [0.717, 1.165) is 88.7 Å². The molecule has 0 bridgehead atoms. The van der Waals surface area contributed by atoms with Crippen LogP contribution >= 0.6 is 0 Å². The highest BCUT2D eigenvalue weighted by molar-refractivity contribution is 6.32. The van der Waals surface area contributed by atoms with Crippen LogP contribution in [-0.4, -0.2) is 0 Å². The molecule has 0 saturated carbocycles. The quantitative estimate of drug-likeness (QED) is 0.145. The summed E-state index contributed by atoms with van der Waals surface area (Å²) in [6.07, 6.45) is 0. The smallest absolute Gasteiger partial charge is 0.0991 e. The largest absolute Gasteiger partial charge is 0.310 e. The highest BCUT2D eigenvalue weighted by atomic mass is 15.1. The summed E-state index contributed by atoms with van der Waals surface area (Å²) in [5, 5.41) is 26.3. The van der Waals surface area contributed by atoms with Gasteiger partial charge >= 0.3 is 0 Å². The molecule has 60 heavy (non-hydrogen) atoms. The first kappa shape index (κ1) is 36.2. The second-order valence-corrected chi connectivity index (χ2v) is 15.3. The van der Waals surface area contributed by atoms with Gasteiger partial charge in [-0.25, -0.2) is 0 Å². The maximum atomic E-state index is 9.77.